The summed E-state index contributed by atoms with van der Waals surface area (Å²) >= 11 is 1.44. The van der Waals surface area contributed by atoms with Crippen LogP contribution < -0.4 is 0 Å². The Kier molecular flexibility index (Phi) is 6.86. The van der Waals surface area contributed by atoms with Gasteiger partial charge in [-0.05, 0) is 55.0 Å². The van der Waals surface area contributed by atoms with Crippen LogP contribution in [0.15, 0.2) is 83.9 Å². The van der Waals surface area contributed by atoms with E-state index in [2.05, 4.69) is 34.5 Å². The van der Waals surface area contributed by atoms with Gasteiger partial charge in [-0.1, -0.05) is 66.4 Å². The highest BCUT2D eigenvalue weighted by Gasteiger charge is 2.23. The molecule has 34 heavy (non-hydrogen) atoms. The molecule has 1 aliphatic rings. The number of hydrogen-bond donors (Lipinski definition) is 0. The average molecular weight is 472 g/mol. The standard InChI is InChI=1S/C28H26FN3OS/c29-23-12-10-22(11-13-23)27-24-8-4-5-9-25(24)28(31-30-27)34-19-26(33)32-16-14-21(15-17-32)18-20-6-2-1-3-7-20/h1-13,21H,14-19H2. The Hall–Kier alpha value is -3.25. The summed E-state index contributed by atoms with van der Waals surface area (Å²) in [4.78, 5) is 14.9. The zero-order valence-electron chi connectivity index (χ0n) is 18.9. The molecule has 4 aromatic rings. The minimum atomic E-state index is -0.282. The van der Waals surface area contributed by atoms with E-state index in [0.717, 1.165) is 53.7 Å². The summed E-state index contributed by atoms with van der Waals surface area (Å²) in [5.41, 5.74) is 2.90. The first-order valence-corrected chi connectivity index (χ1v) is 12.6. The molecule has 4 nitrogen and oxygen atoms in total. The predicted molar refractivity (Wildman–Crippen MR) is 135 cm³/mol. The molecule has 0 unspecified atom stereocenters. The Morgan fingerprint density at radius 3 is 2.29 bits per heavy atom. The number of amides is 1. The third kappa shape index (κ3) is 5.12. The molecule has 0 N–H and O–H groups in total. The van der Waals surface area contributed by atoms with Gasteiger partial charge < -0.3 is 4.90 Å². The Bertz CT molecular complexity index is 1270. The molecule has 1 amide bonds. The van der Waals surface area contributed by atoms with E-state index >= 15 is 0 Å². The highest BCUT2D eigenvalue weighted by molar-refractivity contribution is 8.00. The molecule has 0 radical (unpaired) electrons. The van der Waals surface area contributed by atoms with Gasteiger partial charge in [-0.15, -0.1) is 10.2 Å². The minimum Gasteiger partial charge on any atom is -0.342 e. The molecule has 0 aliphatic carbocycles. The van der Waals surface area contributed by atoms with Crippen molar-refractivity contribution < 1.29 is 9.18 Å². The number of likely N-dealkylation sites (tertiary alicyclic amines) is 1. The van der Waals surface area contributed by atoms with E-state index < -0.39 is 0 Å². The van der Waals surface area contributed by atoms with E-state index in [4.69, 9.17) is 0 Å². The number of fused-ring (bicyclic) bond motifs is 1. The van der Waals surface area contributed by atoms with Crippen molar-refractivity contribution in [2.45, 2.75) is 24.3 Å². The fraction of sp³-hybridized carbons (Fsp3) is 0.250. The number of halogens is 1. The van der Waals surface area contributed by atoms with Crippen molar-refractivity contribution in [1.29, 1.82) is 0 Å². The first kappa shape index (κ1) is 22.5. The number of aromatic nitrogens is 2. The molecule has 1 fully saturated rings. The zero-order chi connectivity index (χ0) is 23.3. The Labute approximate surface area is 203 Å². The highest BCUT2D eigenvalue weighted by atomic mass is 32.2. The van der Waals surface area contributed by atoms with E-state index in [1.54, 1.807) is 12.1 Å². The van der Waals surface area contributed by atoms with Crippen molar-refractivity contribution in [3.8, 4) is 11.3 Å². The van der Waals surface area contributed by atoms with Crippen LogP contribution >= 0.6 is 11.8 Å². The quantitative estimate of drug-likeness (QED) is 0.323. The molecule has 5 rings (SSSR count). The summed E-state index contributed by atoms with van der Waals surface area (Å²) in [6.07, 6.45) is 3.17. The van der Waals surface area contributed by atoms with Crippen LogP contribution in [-0.2, 0) is 11.2 Å². The molecule has 1 saturated heterocycles. The predicted octanol–water partition coefficient (Wildman–Crippen LogP) is 6.01. The highest BCUT2D eigenvalue weighted by Crippen LogP contribution is 2.32. The van der Waals surface area contributed by atoms with E-state index in [1.165, 1.54) is 29.5 Å². The fourth-order valence-corrected chi connectivity index (χ4v) is 5.44. The lowest BCUT2D eigenvalue weighted by Gasteiger charge is -2.32. The molecule has 6 heteroatoms. The lowest BCUT2D eigenvalue weighted by molar-refractivity contribution is -0.129. The number of thioether (sulfide) groups is 1. The summed E-state index contributed by atoms with van der Waals surface area (Å²) in [5, 5.41) is 11.5. The van der Waals surface area contributed by atoms with Gasteiger partial charge in [0, 0.05) is 29.4 Å². The van der Waals surface area contributed by atoms with E-state index in [1.807, 2.05) is 35.2 Å². The number of carbonyl (C=O) groups is 1. The molecule has 3 aromatic carbocycles. The molecule has 1 aromatic heterocycles. The van der Waals surface area contributed by atoms with Gasteiger partial charge in [-0.2, -0.15) is 0 Å². The molecule has 0 spiro atoms. The maximum atomic E-state index is 13.4. The van der Waals surface area contributed by atoms with Crippen molar-refractivity contribution >= 4 is 28.4 Å². The molecule has 172 valence electrons. The summed E-state index contributed by atoms with van der Waals surface area (Å²) in [6.45, 7) is 1.62. The summed E-state index contributed by atoms with van der Waals surface area (Å²) < 4.78 is 13.4. The zero-order valence-corrected chi connectivity index (χ0v) is 19.7. The van der Waals surface area contributed by atoms with Crippen LogP contribution in [-0.4, -0.2) is 39.8 Å². The summed E-state index contributed by atoms with van der Waals surface area (Å²) in [5.74, 6) is 0.846. The van der Waals surface area contributed by atoms with Crippen LogP contribution in [0.4, 0.5) is 4.39 Å². The number of piperidine rings is 1. The van der Waals surface area contributed by atoms with Gasteiger partial charge in [0.15, 0.2) is 0 Å². The van der Waals surface area contributed by atoms with Gasteiger partial charge in [0.1, 0.15) is 16.5 Å². The normalized spacial score (nSPS) is 14.4. The Morgan fingerprint density at radius 1 is 0.882 bits per heavy atom. The van der Waals surface area contributed by atoms with Crippen LogP contribution in [0, 0.1) is 11.7 Å². The van der Waals surface area contributed by atoms with Crippen molar-refractivity contribution in [2.75, 3.05) is 18.8 Å². The van der Waals surface area contributed by atoms with Crippen molar-refractivity contribution in [1.82, 2.24) is 15.1 Å². The summed E-state index contributed by atoms with van der Waals surface area (Å²) in [7, 11) is 0. The number of nitrogens with zero attached hydrogens (tertiary/aromatic N) is 3. The third-order valence-electron chi connectivity index (χ3n) is 6.44. The number of benzene rings is 3. The molecular weight excluding hydrogens is 445 g/mol. The lowest BCUT2D eigenvalue weighted by Crippen LogP contribution is -2.39. The first-order chi connectivity index (χ1) is 16.7. The maximum Gasteiger partial charge on any atom is 0.232 e. The van der Waals surface area contributed by atoms with Crippen molar-refractivity contribution in [3.63, 3.8) is 0 Å². The summed E-state index contributed by atoms with van der Waals surface area (Å²) in [6, 6.07) is 24.8. The van der Waals surface area contributed by atoms with Crippen LogP contribution in [0.3, 0.4) is 0 Å². The maximum absolute atomic E-state index is 13.4. The molecule has 0 saturated carbocycles. The smallest absolute Gasteiger partial charge is 0.232 e. The van der Waals surface area contributed by atoms with Gasteiger partial charge in [0.05, 0.1) is 5.75 Å². The number of carbonyl (C=O) groups excluding carboxylic acids is 1. The Morgan fingerprint density at radius 2 is 1.56 bits per heavy atom. The van der Waals surface area contributed by atoms with E-state index in [9.17, 15) is 9.18 Å². The van der Waals surface area contributed by atoms with Crippen molar-refractivity contribution in [2.24, 2.45) is 5.92 Å². The first-order valence-electron chi connectivity index (χ1n) is 11.6. The molecular formula is C28H26FN3OS. The van der Waals surface area contributed by atoms with E-state index in [0.29, 0.717) is 17.4 Å². The van der Waals surface area contributed by atoms with Crippen LogP contribution in [0.2, 0.25) is 0 Å². The van der Waals surface area contributed by atoms with E-state index in [-0.39, 0.29) is 11.7 Å². The van der Waals surface area contributed by atoms with Gasteiger partial charge in [0.25, 0.3) is 0 Å². The molecule has 1 aliphatic heterocycles. The van der Waals surface area contributed by atoms with Gasteiger partial charge in [0.2, 0.25) is 5.91 Å². The number of hydrogen-bond acceptors (Lipinski definition) is 4. The van der Waals surface area contributed by atoms with Crippen molar-refractivity contribution in [3.05, 3.63) is 90.2 Å². The Balaban J connectivity index is 1.23. The second-order valence-corrected chi connectivity index (χ2v) is 9.67. The fourth-order valence-electron chi connectivity index (χ4n) is 4.56. The average Bonchev–Trinajstić information content (AvgIpc) is 2.89. The lowest BCUT2D eigenvalue weighted by atomic mass is 9.90. The van der Waals surface area contributed by atoms with Gasteiger partial charge in [-0.3, -0.25) is 4.79 Å². The topological polar surface area (TPSA) is 46.1 Å². The van der Waals surface area contributed by atoms with Gasteiger partial charge >= 0.3 is 0 Å². The second-order valence-electron chi connectivity index (χ2n) is 8.71. The minimum absolute atomic E-state index is 0.150. The van der Waals surface area contributed by atoms with Crippen LogP contribution in [0.25, 0.3) is 22.0 Å². The van der Waals surface area contributed by atoms with Crippen LogP contribution in [0.1, 0.15) is 18.4 Å². The molecule has 0 bridgehead atoms. The second kappa shape index (κ2) is 10.3. The molecule has 2 heterocycles. The van der Waals surface area contributed by atoms with Gasteiger partial charge in [-0.25, -0.2) is 4.39 Å². The third-order valence-corrected chi connectivity index (χ3v) is 7.40. The largest absolute Gasteiger partial charge is 0.342 e. The van der Waals surface area contributed by atoms with Crippen LogP contribution in [0.5, 0.6) is 0 Å². The number of rotatable bonds is 6. The molecule has 0 atom stereocenters. The SMILES string of the molecule is O=C(CSc1nnc(-c2ccc(F)cc2)c2ccccc12)N1CCC(Cc2ccccc2)CC1. The monoisotopic (exact) mass is 471 g/mol.